The average Bonchev–Trinajstić information content (AvgIpc) is 2.37. The van der Waals surface area contributed by atoms with Crippen LogP contribution in [0.15, 0.2) is 0 Å². The maximum Gasteiger partial charge on any atom is 0.254 e. The van der Waals surface area contributed by atoms with Crippen molar-refractivity contribution in [2.45, 2.75) is 58.1 Å². The van der Waals surface area contributed by atoms with Crippen LogP contribution >= 0.6 is 0 Å². The van der Waals surface area contributed by atoms with Crippen molar-refractivity contribution in [2.24, 2.45) is 0 Å². The molecule has 0 saturated carbocycles. The second-order valence-corrected chi connectivity index (χ2v) is 6.66. The van der Waals surface area contributed by atoms with Crippen LogP contribution in [0.2, 0.25) is 0 Å². The van der Waals surface area contributed by atoms with Crippen molar-refractivity contribution in [1.29, 1.82) is 0 Å². The lowest BCUT2D eigenvalue weighted by Gasteiger charge is -2.49. The van der Waals surface area contributed by atoms with E-state index in [1.54, 1.807) is 0 Å². The summed E-state index contributed by atoms with van der Waals surface area (Å²) in [4.78, 5) is 17.2. The normalized spacial score (nSPS) is 32.3. The van der Waals surface area contributed by atoms with Crippen LogP contribution in [0.25, 0.3) is 0 Å². The summed E-state index contributed by atoms with van der Waals surface area (Å²) < 4.78 is 5.80. The first kappa shape index (κ1) is 14.8. The molecule has 0 aromatic heterocycles. The Hall–Kier alpha value is -0.610. The van der Waals surface area contributed by atoms with E-state index >= 15 is 0 Å². The first-order valence-corrected chi connectivity index (χ1v) is 7.57. The number of likely N-dealkylation sites (N-methyl/N-ethyl adjacent to an activating group) is 1. The van der Waals surface area contributed by atoms with Gasteiger partial charge >= 0.3 is 0 Å². The molecule has 0 spiro atoms. The molecule has 2 aliphatic rings. The summed E-state index contributed by atoms with van der Waals surface area (Å²) in [5.41, 5.74) is -0.517. The number of ether oxygens (including phenoxy) is 1. The Kier molecular flexibility index (Phi) is 4.21. The third-order valence-corrected chi connectivity index (χ3v) is 4.66. The third kappa shape index (κ3) is 2.95. The maximum atomic E-state index is 12.7. The van der Waals surface area contributed by atoms with E-state index in [2.05, 4.69) is 25.7 Å². The molecular weight excluding hydrogens is 240 g/mol. The topological polar surface area (TPSA) is 32.8 Å². The van der Waals surface area contributed by atoms with Crippen LogP contribution in [-0.4, -0.2) is 59.6 Å². The molecule has 0 bridgehead atoms. The molecule has 0 radical (unpaired) electrons. The SMILES string of the molecule is CCN1CCN(C(=O)C2(C)CCCCO2)CC1(C)C. The van der Waals surface area contributed by atoms with Crippen molar-refractivity contribution in [2.75, 3.05) is 32.8 Å². The molecule has 110 valence electrons. The quantitative estimate of drug-likeness (QED) is 0.766. The van der Waals surface area contributed by atoms with Gasteiger partial charge < -0.3 is 9.64 Å². The first-order chi connectivity index (χ1) is 8.89. The Morgan fingerprint density at radius 3 is 2.47 bits per heavy atom. The van der Waals surface area contributed by atoms with E-state index in [1.165, 1.54) is 0 Å². The molecule has 1 atom stereocenters. The lowest BCUT2D eigenvalue weighted by atomic mass is 9.92. The van der Waals surface area contributed by atoms with Gasteiger partial charge in [0.15, 0.2) is 0 Å². The molecule has 0 N–H and O–H groups in total. The fourth-order valence-electron chi connectivity index (χ4n) is 3.39. The smallest absolute Gasteiger partial charge is 0.254 e. The zero-order valence-electron chi connectivity index (χ0n) is 12.9. The minimum absolute atomic E-state index is 0.0632. The predicted molar refractivity (Wildman–Crippen MR) is 76.1 cm³/mol. The Balaban J connectivity index is 2.04. The van der Waals surface area contributed by atoms with Gasteiger partial charge in [-0.3, -0.25) is 9.69 Å². The van der Waals surface area contributed by atoms with Gasteiger partial charge in [-0.25, -0.2) is 0 Å². The highest BCUT2D eigenvalue weighted by Gasteiger charge is 2.43. The largest absolute Gasteiger partial charge is 0.365 e. The molecule has 2 aliphatic heterocycles. The average molecular weight is 268 g/mol. The van der Waals surface area contributed by atoms with E-state index in [-0.39, 0.29) is 11.4 Å². The molecule has 2 rings (SSSR count). The number of rotatable bonds is 2. The molecule has 4 nitrogen and oxygen atoms in total. The number of hydrogen-bond donors (Lipinski definition) is 0. The number of amides is 1. The van der Waals surface area contributed by atoms with Crippen LogP contribution < -0.4 is 0 Å². The predicted octanol–water partition coefficient (Wildman–Crippen LogP) is 1.89. The van der Waals surface area contributed by atoms with Gasteiger partial charge in [0, 0.05) is 31.8 Å². The molecule has 2 saturated heterocycles. The number of carbonyl (C=O) groups is 1. The summed E-state index contributed by atoms with van der Waals surface area (Å²) in [6, 6.07) is 0. The van der Waals surface area contributed by atoms with Gasteiger partial charge in [-0.15, -0.1) is 0 Å². The monoisotopic (exact) mass is 268 g/mol. The molecule has 1 unspecified atom stereocenters. The summed E-state index contributed by atoms with van der Waals surface area (Å²) >= 11 is 0. The van der Waals surface area contributed by atoms with Crippen molar-refractivity contribution in [3.63, 3.8) is 0 Å². The fraction of sp³-hybridized carbons (Fsp3) is 0.933. The van der Waals surface area contributed by atoms with Crippen LogP contribution in [-0.2, 0) is 9.53 Å². The minimum Gasteiger partial charge on any atom is -0.365 e. The number of carbonyl (C=O) groups excluding carboxylic acids is 1. The van der Waals surface area contributed by atoms with Crippen molar-refractivity contribution in [3.05, 3.63) is 0 Å². The van der Waals surface area contributed by atoms with Crippen molar-refractivity contribution < 1.29 is 9.53 Å². The van der Waals surface area contributed by atoms with Gasteiger partial charge in [0.05, 0.1) is 0 Å². The highest BCUT2D eigenvalue weighted by Crippen LogP contribution is 2.29. The van der Waals surface area contributed by atoms with Gasteiger partial charge in [-0.05, 0) is 46.6 Å². The Morgan fingerprint density at radius 1 is 1.21 bits per heavy atom. The van der Waals surface area contributed by atoms with Gasteiger partial charge in [0.1, 0.15) is 5.60 Å². The molecule has 0 aromatic carbocycles. The highest BCUT2D eigenvalue weighted by molar-refractivity contribution is 5.85. The molecule has 2 fully saturated rings. The molecule has 19 heavy (non-hydrogen) atoms. The van der Waals surface area contributed by atoms with Crippen LogP contribution in [0.3, 0.4) is 0 Å². The summed E-state index contributed by atoms with van der Waals surface area (Å²) in [6.45, 7) is 13.0. The third-order valence-electron chi connectivity index (χ3n) is 4.66. The molecule has 1 amide bonds. The van der Waals surface area contributed by atoms with Gasteiger partial charge in [-0.1, -0.05) is 6.92 Å². The summed E-state index contributed by atoms with van der Waals surface area (Å²) in [5, 5.41) is 0. The van der Waals surface area contributed by atoms with E-state index in [0.717, 1.165) is 52.0 Å². The second kappa shape index (κ2) is 5.41. The summed E-state index contributed by atoms with van der Waals surface area (Å²) in [5.74, 6) is 0.191. The summed E-state index contributed by atoms with van der Waals surface area (Å²) in [6.07, 6.45) is 3.04. The standard InChI is InChI=1S/C15H28N2O2/c1-5-17-10-9-16(12-14(17,2)3)13(18)15(4)8-6-7-11-19-15/h5-12H2,1-4H3. The molecular formula is C15H28N2O2. The maximum absolute atomic E-state index is 12.7. The zero-order valence-corrected chi connectivity index (χ0v) is 12.9. The van der Waals surface area contributed by atoms with Crippen molar-refractivity contribution >= 4 is 5.91 Å². The van der Waals surface area contributed by atoms with Gasteiger partial charge in [0.2, 0.25) is 0 Å². The minimum atomic E-state index is -0.581. The van der Waals surface area contributed by atoms with Crippen molar-refractivity contribution in [3.8, 4) is 0 Å². The van der Waals surface area contributed by atoms with E-state index < -0.39 is 5.60 Å². The first-order valence-electron chi connectivity index (χ1n) is 7.57. The summed E-state index contributed by atoms with van der Waals surface area (Å²) in [7, 11) is 0. The number of nitrogens with zero attached hydrogens (tertiary/aromatic N) is 2. The lowest BCUT2D eigenvalue weighted by molar-refractivity contribution is -0.166. The van der Waals surface area contributed by atoms with Crippen LogP contribution in [0, 0.1) is 0 Å². The van der Waals surface area contributed by atoms with E-state index in [0.29, 0.717) is 0 Å². The number of hydrogen-bond acceptors (Lipinski definition) is 3. The van der Waals surface area contributed by atoms with E-state index in [1.807, 2.05) is 11.8 Å². The van der Waals surface area contributed by atoms with Crippen molar-refractivity contribution in [1.82, 2.24) is 9.80 Å². The van der Waals surface area contributed by atoms with E-state index in [4.69, 9.17) is 4.74 Å². The molecule has 0 aromatic rings. The van der Waals surface area contributed by atoms with Crippen LogP contribution in [0.4, 0.5) is 0 Å². The molecule has 0 aliphatic carbocycles. The second-order valence-electron chi connectivity index (χ2n) is 6.66. The zero-order chi connectivity index (χ0) is 14.1. The lowest BCUT2D eigenvalue weighted by Crippen LogP contribution is -2.63. The van der Waals surface area contributed by atoms with E-state index in [9.17, 15) is 4.79 Å². The van der Waals surface area contributed by atoms with Crippen LogP contribution in [0.5, 0.6) is 0 Å². The van der Waals surface area contributed by atoms with Gasteiger partial charge in [-0.2, -0.15) is 0 Å². The fourth-order valence-corrected chi connectivity index (χ4v) is 3.39. The molecule has 4 heteroatoms. The molecule has 2 heterocycles. The Bertz CT molecular complexity index is 335. The highest BCUT2D eigenvalue weighted by atomic mass is 16.5. The Labute approximate surface area is 117 Å². The van der Waals surface area contributed by atoms with Gasteiger partial charge in [0.25, 0.3) is 5.91 Å². The van der Waals surface area contributed by atoms with Crippen LogP contribution in [0.1, 0.15) is 47.0 Å². The number of piperazine rings is 1. The Morgan fingerprint density at radius 2 is 1.95 bits per heavy atom.